The number of carbonyl (C=O) groups excluding carboxylic acids is 1. The van der Waals surface area contributed by atoms with Crippen molar-refractivity contribution >= 4 is 21.8 Å². The van der Waals surface area contributed by atoms with Crippen molar-refractivity contribution in [1.29, 1.82) is 0 Å². The van der Waals surface area contributed by atoms with E-state index in [1.807, 2.05) is 24.3 Å². The summed E-state index contributed by atoms with van der Waals surface area (Å²) in [4.78, 5) is 13.6. The van der Waals surface area contributed by atoms with Gasteiger partial charge in [0.2, 0.25) is 11.7 Å². The number of carbonyl (C=O) groups is 1. The molecule has 0 spiro atoms. The fraction of sp³-hybridized carbons (Fsp3) is 0.529. The molecule has 7 heteroatoms. The molecule has 1 aromatic carbocycles. The molecule has 1 amide bonds. The Hall–Kier alpha value is -1.76. The third kappa shape index (κ3) is 4.01. The van der Waals surface area contributed by atoms with E-state index in [9.17, 15) is 4.79 Å². The fourth-order valence-electron chi connectivity index (χ4n) is 3.19. The fourth-order valence-corrected chi connectivity index (χ4v) is 3.46. The first kappa shape index (κ1) is 17.1. The molecule has 1 heterocycles. The number of rotatable bonds is 4. The molecule has 0 radical (unpaired) electrons. The second-order valence-electron chi connectivity index (χ2n) is 6.59. The molecule has 0 unspecified atom stereocenters. The lowest BCUT2D eigenvalue weighted by Crippen LogP contribution is -2.45. The summed E-state index contributed by atoms with van der Waals surface area (Å²) in [5.41, 5.74) is 0.875. The Labute approximate surface area is 150 Å². The van der Waals surface area contributed by atoms with Crippen LogP contribution in [0.4, 0.5) is 0 Å². The molecule has 24 heavy (non-hydrogen) atoms. The summed E-state index contributed by atoms with van der Waals surface area (Å²) in [6, 6.07) is 7.92. The number of nitrogens with zero attached hydrogens (tertiary/aromatic N) is 4. The number of amides is 1. The Morgan fingerprint density at radius 1 is 1.29 bits per heavy atom. The lowest BCUT2D eigenvalue weighted by molar-refractivity contribution is -0.123. The van der Waals surface area contributed by atoms with Gasteiger partial charge < -0.3 is 5.32 Å². The van der Waals surface area contributed by atoms with Crippen LogP contribution < -0.4 is 5.32 Å². The highest BCUT2D eigenvalue weighted by Gasteiger charge is 2.28. The van der Waals surface area contributed by atoms with Gasteiger partial charge in [0.15, 0.2) is 0 Å². The molecule has 1 aromatic heterocycles. The Kier molecular flexibility index (Phi) is 5.28. The lowest BCUT2D eigenvalue weighted by atomic mass is 9.78. The molecule has 0 aliphatic heterocycles. The Morgan fingerprint density at radius 2 is 2.04 bits per heavy atom. The minimum absolute atomic E-state index is 0.0549. The van der Waals surface area contributed by atoms with Crippen LogP contribution in [0.25, 0.3) is 11.4 Å². The number of benzene rings is 1. The summed E-state index contributed by atoms with van der Waals surface area (Å²) in [6.07, 6.45) is 3.46. The molecule has 0 bridgehead atoms. The predicted molar refractivity (Wildman–Crippen MR) is 95.1 cm³/mol. The molecule has 3 atom stereocenters. The third-order valence-corrected chi connectivity index (χ3v) is 5.42. The average Bonchev–Trinajstić information content (AvgIpc) is 3.01. The molecule has 1 N–H and O–H groups in total. The van der Waals surface area contributed by atoms with Gasteiger partial charge in [-0.25, -0.2) is 0 Å². The zero-order valence-electron chi connectivity index (χ0n) is 13.9. The molecule has 2 aromatic rings. The maximum absolute atomic E-state index is 12.3. The number of hydrogen-bond donors (Lipinski definition) is 1. The van der Waals surface area contributed by atoms with E-state index in [1.165, 1.54) is 17.6 Å². The highest BCUT2D eigenvalue weighted by atomic mass is 79.9. The van der Waals surface area contributed by atoms with Crippen molar-refractivity contribution in [3.8, 4) is 11.4 Å². The van der Waals surface area contributed by atoms with Gasteiger partial charge in [-0.15, -0.1) is 10.2 Å². The van der Waals surface area contributed by atoms with E-state index in [1.54, 1.807) is 0 Å². The molecular weight excluding hydrogens is 370 g/mol. The number of aromatic nitrogens is 4. The van der Waals surface area contributed by atoms with Gasteiger partial charge in [-0.05, 0) is 47.7 Å². The topological polar surface area (TPSA) is 72.7 Å². The largest absolute Gasteiger partial charge is 0.351 e. The molecular formula is C17H22BrN5O. The molecule has 1 fully saturated rings. The van der Waals surface area contributed by atoms with Gasteiger partial charge in [-0.2, -0.15) is 4.80 Å². The minimum Gasteiger partial charge on any atom is -0.351 e. The molecule has 0 saturated heterocycles. The standard InChI is InChI=1S/C17H22BrN5O/c1-11-4-3-5-15(12(11)2)19-16(24)10-23-21-17(20-22-23)13-6-8-14(18)9-7-13/h6-9,11-12,15H,3-5,10H2,1-2H3,(H,19,24)/t11-,12+,15+/m0/s1. The van der Waals surface area contributed by atoms with E-state index in [2.05, 4.69) is 50.5 Å². The van der Waals surface area contributed by atoms with Crippen molar-refractivity contribution in [1.82, 2.24) is 25.5 Å². The van der Waals surface area contributed by atoms with Crippen LogP contribution in [0.5, 0.6) is 0 Å². The SMILES string of the molecule is C[C@@H]1[C@@H](C)CCC[C@H]1NC(=O)Cn1nnc(-c2ccc(Br)cc2)n1. The van der Waals surface area contributed by atoms with Crippen molar-refractivity contribution in [2.24, 2.45) is 11.8 Å². The summed E-state index contributed by atoms with van der Waals surface area (Å²) in [5, 5.41) is 15.4. The van der Waals surface area contributed by atoms with Crippen LogP contribution in [0, 0.1) is 11.8 Å². The van der Waals surface area contributed by atoms with Gasteiger partial charge in [0, 0.05) is 16.1 Å². The van der Waals surface area contributed by atoms with Crippen LogP contribution in [0.15, 0.2) is 28.7 Å². The number of halogens is 1. The summed E-state index contributed by atoms with van der Waals surface area (Å²) in [6.45, 7) is 4.57. The van der Waals surface area contributed by atoms with Crippen LogP contribution >= 0.6 is 15.9 Å². The number of hydrogen-bond acceptors (Lipinski definition) is 4. The highest BCUT2D eigenvalue weighted by Crippen LogP contribution is 2.29. The lowest BCUT2D eigenvalue weighted by Gasteiger charge is -2.34. The highest BCUT2D eigenvalue weighted by molar-refractivity contribution is 9.10. The van der Waals surface area contributed by atoms with Crippen LogP contribution in [-0.4, -0.2) is 32.2 Å². The van der Waals surface area contributed by atoms with Crippen molar-refractivity contribution in [3.05, 3.63) is 28.7 Å². The maximum atomic E-state index is 12.3. The second kappa shape index (κ2) is 7.42. The summed E-state index contributed by atoms with van der Waals surface area (Å²) >= 11 is 3.40. The normalized spacial score (nSPS) is 23.9. The van der Waals surface area contributed by atoms with E-state index < -0.39 is 0 Å². The summed E-state index contributed by atoms with van der Waals surface area (Å²) in [7, 11) is 0. The monoisotopic (exact) mass is 391 g/mol. The van der Waals surface area contributed by atoms with Crippen molar-refractivity contribution < 1.29 is 4.79 Å². The predicted octanol–water partition coefficient (Wildman–Crippen LogP) is 3.04. The Morgan fingerprint density at radius 3 is 2.79 bits per heavy atom. The summed E-state index contributed by atoms with van der Waals surface area (Å²) < 4.78 is 0.994. The molecule has 3 rings (SSSR count). The average molecular weight is 392 g/mol. The van der Waals surface area contributed by atoms with Gasteiger partial charge in [-0.1, -0.05) is 42.6 Å². The van der Waals surface area contributed by atoms with E-state index in [0.29, 0.717) is 17.7 Å². The van der Waals surface area contributed by atoms with Gasteiger partial charge in [0.1, 0.15) is 6.54 Å². The van der Waals surface area contributed by atoms with E-state index in [-0.39, 0.29) is 18.5 Å². The molecule has 128 valence electrons. The molecule has 1 aliphatic carbocycles. The first-order chi connectivity index (χ1) is 11.5. The zero-order valence-corrected chi connectivity index (χ0v) is 15.5. The van der Waals surface area contributed by atoms with Crippen molar-refractivity contribution in [2.45, 2.75) is 45.7 Å². The summed E-state index contributed by atoms with van der Waals surface area (Å²) in [5.74, 6) is 1.62. The quantitative estimate of drug-likeness (QED) is 0.868. The first-order valence-corrected chi connectivity index (χ1v) is 9.15. The van der Waals surface area contributed by atoms with E-state index in [0.717, 1.165) is 16.5 Å². The van der Waals surface area contributed by atoms with E-state index >= 15 is 0 Å². The third-order valence-electron chi connectivity index (χ3n) is 4.89. The first-order valence-electron chi connectivity index (χ1n) is 8.36. The zero-order chi connectivity index (χ0) is 17.1. The van der Waals surface area contributed by atoms with Crippen molar-refractivity contribution in [3.63, 3.8) is 0 Å². The molecule has 1 aliphatic rings. The van der Waals surface area contributed by atoms with Gasteiger partial charge in [0.25, 0.3) is 0 Å². The number of tetrazole rings is 1. The van der Waals surface area contributed by atoms with Gasteiger partial charge in [0.05, 0.1) is 0 Å². The Bertz CT molecular complexity index is 699. The smallest absolute Gasteiger partial charge is 0.243 e. The van der Waals surface area contributed by atoms with Crippen LogP contribution in [0.2, 0.25) is 0 Å². The van der Waals surface area contributed by atoms with Gasteiger partial charge >= 0.3 is 0 Å². The van der Waals surface area contributed by atoms with Gasteiger partial charge in [-0.3, -0.25) is 4.79 Å². The minimum atomic E-state index is -0.0549. The van der Waals surface area contributed by atoms with E-state index in [4.69, 9.17) is 0 Å². The van der Waals surface area contributed by atoms with Crippen molar-refractivity contribution in [2.75, 3.05) is 0 Å². The number of nitrogens with one attached hydrogen (secondary N) is 1. The maximum Gasteiger partial charge on any atom is 0.243 e. The Balaban J connectivity index is 1.60. The van der Waals surface area contributed by atoms with Crippen LogP contribution in [0.1, 0.15) is 33.1 Å². The molecule has 1 saturated carbocycles. The molecule has 6 nitrogen and oxygen atoms in total. The van der Waals surface area contributed by atoms with Crippen LogP contribution in [-0.2, 0) is 11.3 Å². The second-order valence-corrected chi connectivity index (χ2v) is 7.51. The van der Waals surface area contributed by atoms with Crippen LogP contribution in [0.3, 0.4) is 0 Å².